The molecule has 0 fully saturated rings. The summed E-state index contributed by atoms with van der Waals surface area (Å²) in [6.45, 7) is 4.44. The molecule has 1 unspecified atom stereocenters. The van der Waals surface area contributed by atoms with Crippen LogP contribution in [0.25, 0.3) is 0 Å². The second kappa shape index (κ2) is 8.81. The third-order valence-corrected chi connectivity index (χ3v) is 3.29. The number of anilines is 1. The van der Waals surface area contributed by atoms with Crippen molar-refractivity contribution in [1.82, 2.24) is 5.32 Å². The van der Waals surface area contributed by atoms with Crippen molar-refractivity contribution in [1.29, 1.82) is 0 Å². The molecule has 6 heteroatoms. The van der Waals surface area contributed by atoms with Crippen LogP contribution in [0.15, 0.2) is 22.7 Å². The molecule has 0 aromatic heterocycles. The van der Waals surface area contributed by atoms with Crippen molar-refractivity contribution in [3.63, 3.8) is 0 Å². The lowest BCUT2D eigenvalue weighted by Crippen LogP contribution is -2.38. The number of urea groups is 1. The highest BCUT2D eigenvalue weighted by Gasteiger charge is 2.12. The number of nitrogens with one attached hydrogen (secondary N) is 2. The van der Waals surface area contributed by atoms with Crippen LogP contribution in [0.1, 0.15) is 26.7 Å². The largest absolute Gasteiger partial charge is 0.492 e. The lowest BCUT2D eigenvalue weighted by molar-refractivity contribution is 0.237. The van der Waals surface area contributed by atoms with Gasteiger partial charge in [-0.15, -0.1) is 0 Å². The predicted molar refractivity (Wildman–Crippen MR) is 83.2 cm³/mol. The van der Waals surface area contributed by atoms with Gasteiger partial charge in [0.05, 0.1) is 12.3 Å². The van der Waals surface area contributed by atoms with E-state index in [2.05, 4.69) is 26.6 Å². The minimum absolute atomic E-state index is 0.0392. The highest BCUT2D eigenvalue weighted by molar-refractivity contribution is 9.10. The van der Waals surface area contributed by atoms with E-state index in [1.807, 2.05) is 19.9 Å². The molecule has 1 aromatic carbocycles. The monoisotopic (exact) mass is 344 g/mol. The van der Waals surface area contributed by atoms with Crippen molar-refractivity contribution in [3.8, 4) is 5.75 Å². The molecule has 0 aliphatic carbocycles. The maximum absolute atomic E-state index is 11.9. The van der Waals surface area contributed by atoms with Crippen LogP contribution in [0.4, 0.5) is 10.5 Å². The summed E-state index contributed by atoms with van der Waals surface area (Å²) < 4.78 is 6.33. The summed E-state index contributed by atoms with van der Waals surface area (Å²) in [5, 5.41) is 14.5. The van der Waals surface area contributed by atoms with Crippen molar-refractivity contribution >= 4 is 27.6 Å². The lowest BCUT2D eigenvalue weighted by Gasteiger charge is -2.17. The van der Waals surface area contributed by atoms with Gasteiger partial charge in [0, 0.05) is 17.1 Å². The molecule has 0 bridgehead atoms. The smallest absolute Gasteiger partial charge is 0.319 e. The van der Waals surface area contributed by atoms with E-state index in [0.717, 1.165) is 10.9 Å². The number of rotatable bonds is 7. The van der Waals surface area contributed by atoms with Crippen LogP contribution in [0, 0.1) is 0 Å². The number of halogens is 1. The Kier molecular flexibility index (Phi) is 7.40. The molecule has 0 spiro atoms. The summed E-state index contributed by atoms with van der Waals surface area (Å²) in [4.78, 5) is 11.9. The highest BCUT2D eigenvalue weighted by atomic mass is 79.9. The Labute approximate surface area is 127 Å². The van der Waals surface area contributed by atoms with E-state index in [4.69, 9.17) is 9.84 Å². The van der Waals surface area contributed by atoms with Gasteiger partial charge in [-0.25, -0.2) is 4.79 Å². The zero-order chi connectivity index (χ0) is 15.0. The summed E-state index contributed by atoms with van der Waals surface area (Å²) in [5.74, 6) is 0.626. The van der Waals surface area contributed by atoms with Crippen LogP contribution in [-0.4, -0.2) is 30.4 Å². The number of ether oxygens (including phenoxy) is 1. The molecule has 5 nitrogen and oxygen atoms in total. The van der Waals surface area contributed by atoms with E-state index in [1.165, 1.54) is 0 Å². The minimum Gasteiger partial charge on any atom is -0.492 e. The Morgan fingerprint density at radius 2 is 2.20 bits per heavy atom. The Morgan fingerprint density at radius 3 is 2.80 bits per heavy atom. The molecule has 112 valence electrons. The molecule has 3 N–H and O–H groups in total. The normalized spacial score (nSPS) is 11.8. The van der Waals surface area contributed by atoms with Gasteiger partial charge in [0.1, 0.15) is 5.75 Å². The van der Waals surface area contributed by atoms with Gasteiger partial charge in [-0.2, -0.15) is 0 Å². The Hall–Kier alpha value is -1.27. The highest BCUT2D eigenvalue weighted by Crippen LogP contribution is 2.28. The molecule has 0 saturated heterocycles. The summed E-state index contributed by atoms with van der Waals surface area (Å²) in [6.07, 6.45) is 1.31. The molecular formula is C14H21BrN2O3. The van der Waals surface area contributed by atoms with Crippen molar-refractivity contribution in [2.24, 2.45) is 0 Å². The maximum atomic E-state index is 11.9. The number of carbonyl (C=O) groups excluding carboxylic acids is 1. The fourth-order valence-corrected chi connectivity index (χ4v) is 2.12. The first-order valence-electron chi connectivity index (χ1n) is 6.71. The van der Waals surface area contributed by atoms with Gasteiger partial charge in [-0.1, -0.05) is 22.9 Å². The van der Waals surface area contributed by atoms with Gasteiger partial charge in [0.2, 0.25) is 0 Å². The van der Waals surface area contributed by atoms with Gasteiger partial charge in [-0.05, 0) is 38.0 Å². The molecule has 20 heavy (non-hydrogen) atoms. The second-order valence-corrected chi connectivity index (χ2v) is 5.21. The molecule has 0 aliphatic heterocycles. The summed E-state index contributed by atoms with van der Waals surface area (Å²) in [5.41, 5.74) is 0.609. The van der Waals surface area contributed by atoms with E-state index in [1.54, 1.807) is 12.1 Å². The first-order valence-corrected chi connectivity index (χ1v) is 7.50. The maximum Gasteiger partial charge on any atom is 0.319 e. The standard InChI is InChI=1S/C14H21BrN2O3/c1-3-11(7-8-18)16-14(19)17-12-9-10(15)5-6-13(12)20-4-2/h5-6,9,11,18H,3-4,7-8H2,1-2H3,(H2,16,17,19). The van der Waals surface area contributed by atoms with Crippen LogP contribution in [0.5, 0.6) is 5.75 Å². The third kappa shape index (κ3) is 5.38. The minimum atomic E-state index is -0.302. The van der Waals surface area contributed by atoms with Gasteiger partial charge in [-0.3, -0.25) is 0 Å². The predicted octanol–water partition coefficient (Wildman–Crippen LogP) is 3.13. The SMILES string of the molecule is CCOc1ccc(Br)cc1NC(=O)NC(CC)CCO. The molecule has 0 radical (unpaired) electrons. The zero-order valence-electron chi connectivity index (χ0n) is 11.8. The average molecular weight is 345 g/mol. The van der Waals surface area contributed by atoms with E-state index in [9.17, 15) is 4.79 Å². The van der Waals surface area contributed by atoms with Gasteiger partial charge >= 0.3 is 6.03 Å². The summed E-state index contributed by atoms with van der Waals surface area (Å²) in [6, 6.07) is 5.10. The van der Waals surface area contributed by atoms with Crippen LogP contribution in [-0.2, 0) is 0 Å². The Bertz CT molecular complexity index is 440. The third-order valence-electron chi connectivity index (χ3n) is 2.80. The summed E-state index contributed by atoms with van der Waals surface area (Å²) >= 11 is 3.37. The number of benzene rings is 1. The van der Waals surface area contributed by atoms with Crippen molar-refractivity contribution in [2.45, 2.75) is 32.7 Å². The lowest BCUT2D eigenvalue weighted by atomic mass is 10.2. The average Bonchev–Trinajstić information content (AvgIpc) is 2.41. The van der Waals surface area contributed by atoms with Crippen molar-refractivity contribution in [3.05, 3.63) is 22.7 Å². The number of carbonyl (C=O) groups is 1. The molecule has 1 rings (SSSR count). The van der Waals surface area contributed by atoms with E-state index in [-0.39, 0.29) is 18.7 Å². The Morgan fingerprint density at radius 1 is 1.45 bits per heavy atom. The molecule has 1 atom stereocenters. The molecule has 0 aliphatic rings. The van der Waals surface area contributed by atoms with E-state index in [0.29, 0.717) is 24.5 Å². The fraction of sp³-hybridized carbons (Fsp3) is 0.500. The van der Waals surface area contributed by atoms with Crippen molar-refractivity contribution in [2.75, 3.05) is 18.5 Å². The van der Waals surface area contributed by atoms with Crippen LogP contribution in [0.2, 0.25) is 0 Å². The quantitative estimate of drug-likeness (QED) is 0.711. The van der Waals surface area contributed by atoms with Gasteiger partial charge in [0.15, 0.2) is 0 Å². The molecule has 2 amide bonds. The molecule has 0 saturated carbocycles. The molecule has 0 heterocycles. The molecule has 1 aromatic rings. The number of hydrogen-bond donors (Lipinski definition) is 3. The zero-order valence-corrected chi connectivity index (χ0v) is 13.4. The topological polar surface area (TPSA) is 70.6 Å². The van der Waals surface area contributed by atoms with Crippen molar-refractivity contribution < 1.29 is 14.6 Å². The van der Waals surface area contributed by atoms with E-state index < -0.39 is 0 Å². The second-order valence-electron chi connectivity index (χ2n) is 4.29. The van der Waals surface area contributed by atoms with Crippen LogP contribution in [0.3, 0.4) is 0 Å². The van der Waals surface area contributed by atoms with Crippen LogP contribution < -0.4 is 15.4 Å². The van der Waals surface area contributed by atoms with Gasteiger partial charge < -0.3 is 20.5 Å². The van der Waals surface area contributed by atoms with E-state index >= 15 is 0 Å². The fourth-order valence-electron chi connectivity index (χ4n) is 1.76. The van der Waals surface area contributed by atoms with Crippen LogP contribution >= 0.6 is 15.9 Å². The first kappa shape index (κ1) is 16.8. The number of aliphatic hydroxyl groups excluding tert-OH is 1. The summed E-state index contributed by atoms with van der Waals surface area (Å²) in [7, 11) is 0. The number of aliphatic hydroxyl groups is 1. The Balaban J connectivity index is 2.71. The number of hydrogen-bond acceptors (Lipinski definition) is 3. The first-order chi connectivity index (χ1) is 9.60. The number of amides is 2. The van der Waals surface area contributed by atoms with Gasteiger partial charge in [0.25, 0.3) is 0 Å². The molecular weight excluding hydrogens is 324 g/mol.